The average Bonchev–Trinajstić information content (AvgIpc) is 2.46. The summed E-state index contributed by atoms with van der Waals surface area (Å²) in [6, 6.07) is 7.48. The molecule has 0 radical (unpaired) electrons. The van der Waals surface area contributed by atoms with Gasteiger partial charge in [-0.1, -0.05) is 25.1 Å². The first-order valence-electron chi connectivity index (χ1n) is 6.85. The lowest BCUT2D eigenvalue weighted by Crippen LogP contribution is -2.37. The molecule has 1 amide bonds. The van der Waals surface area contributed by atoms with Crippen LogP contribution < -0.4 is 10.1 Å². The zero-order valence-electron chi connectivity index (χ0n) is 11.5. The maximum absolute atomic E-state index is 12.2. The second-order valence-corrected chi connectivity index (χ2v) is 4.92. The van der Waals surface area contributed by atoms with E-state index < -0.39 is 11.9 Å². The number of carboxylic acid groups (broad SMARTS) is 1. The maximum Gasteiger partial charge on any atom is 0.308 e. The molecule has 1 aromatic carbocycles. The SMILES string of the molecule is CCC(CNC(=O)C1CCOc2ccccc21)C(=O)O. The molecule has 1 aliphatic heterocycles. The molecule has 0 fully saturated rings. The molecule has 0 saturated carbocycles. The lowest BCUT2D eigenvalue weighted by molar-refractivity contribution is -0.141. The molecular formula is C15H19NO4. The monoisotopic (exact) mass is 277 g/mol. The van der Waals surface area contributed by atoms with Gasteiger partial charge in [0.15, 0.2) is 0 Å². The fourth-order valence-corrected chi connectivity index (χ4v) is 2.37. The van der Waals surface area contributed by atoms with Gasteiger partial charge in [-0.25, -0.2) is 0 Å². The Kier molecular flexibility index (Phi) is 4.61. The first-order valence-corrected chi connectivity index (χ1v) is 6.85. The van der Waals surface area contributed by atoms with Crippen LogP contribution in [0.2, 0.25) is 0 Å². The number of carbonyl (C=O) groups excluding carboxylic acids is 1. The molecule has 0 saturated heterocycles. The zero-order chi connectivity index (χ0) is 14.5. The van der Waals surface area contributed by atoms with Crippen LogP contribution in [0.3, 0.4) is 0 Å². The van der Waals surface area contributed by atoms with Gasteiger partial charge in [-0.15, -0.1) is 0 Å². The molecule has 0 bridgehead atoms. The molecule has 0 aromatic heterocycles. The molecule has 2 unspecified atom stereocenters. The molecule has 5 heteroatoms. The largest absolute Gasteiger partial charge is 0.493 e. The minimum absolute atomic E-state index is 0.125. The van der Waals surface area contributed by atoms with E-state index in [1.54, 1.807) is 6.92 Å². The lowest BCUT2D eigenvalue weighted by atomic mass is 9.92. The van der Waals surface area contributed by atoms with Crippen molar-refractivity contribution in [3.63, 3.8) is 0 Å². The summed E-state index contributed by atoms with van der Waals surface area (Å²) in [7, 11) is 0. The maximum atomic E-state index is 12.2. The second kappa shape index (κ2) is 6.41. The van der Waals surface area contributed by atoms with Gasteiger partial charge in [0.2, 0.25) is 5.91 Å². The van der Waals surface area contributed by atoms with Gasteiger partial charge < -0.3 is 15.2 Å². The highest BCUT2D eigenvalue weighted by Gasteiger charge is 2.28. The topological polar surface area (TPSA) is 75.6 Å². The third-order valence-electron chi connectivity index (χ3n) is 3.64. The first-order chi connectivity index (χ1) is 9.63. The Bertz CT molecular complexity index is 500. The van der Waals surface area contributed by atoms with Gasteiger partial charge in [0, 0.05) is 12.1 Å². The van der Waals surface area contributed by atoms with Crippen molar-refractivity contribution in [2.45, 2.75) is 25.7 Å². The third-order valence-corrected chi connectivity index (χ3v) is 3.64. The molecule has 1 aliphatic rings. The number of rotatable bonds is 5. The van der Waals surface area contributed by atoms with Crippen LogP contribution in [-0.2, 0) is 9.59 Å². The standard InChI is InChI=1S/C15H19NO4/c1-2-10(15(18)19)9-16-14(17)12-7-8-20-13-6-4-3-5-11(12)13/h3-6,10,12H,2,7-9H2,1H3,(H,16,17)(H,18,19). The average molecular weight is 277 g/mol. The highest BCUT2D eigenvalue weighted by atomic mass is 16.5. The number of hydrogen-bond acceptors (Lipinski definition) is 3. The number of hydrogen-bond donors (Lipinski definition) is 2. The van der Waals surface area contributed by atoms with E-state index in [1.165, 1.54) is 0 Å². The van der Waals surface area contributed by atoms with Gasteiger partial charge in [0.1, 0.15) is 5.75 Å². The number of carboxylic acids is 1. The first kappa shape index (κ1) is 14.4. The summed E-state index contributed by atoms with van der Waals surface area (Å²) in [4.78, 5) is 23.2. The number of nitrogens with one attached hydrogen (secondary N) is 1. The van der Waals surface area contributed by atoms with Gasteiger partial charge in [-0.2, -0.15) is 0 Å². The van der Waals surface area contributed by atoms with Gasteiger partial charge >= 0.3 is 5.97 Å². The molecule has 2 atom stereocenters. The Morgan fingerprint density at radius 3 is 2.90 bits per heavy atom. The van der Waals surface area contributed by atoms with E-state index >= 15 is 0 Å². The molecule has 0 spiro atoms. The minimum Gasteiger partial charge on any atom is -0.493 e. The van der Waals surface area contributed by atoms with E-state index in [-0.39, 0.29) is 18.4 Å². The Labute approximate surface area is 117 Å². The summed E-state index contributed by atoms with van der Waals surface area (Å²) < 4.78 is 5.51. The second-order valence-electron chi connectivity index (χ2n) is 4.92. The molecular weight excluding hydrogens is 258 g/mol. The van der Waals surface area contributed by atoms with Crippen LogP contribution in [-0.4, -0.2) is 30.1 Å². The number of ether oxygens (including phenoxy) is 1. The molecule has 1 aromatic rings. The van der Waals surface area contributed by atoms with Crippen molar-refractivity contribution in [3.8, 4) is 5.75 Å². The fraction of sp³-hybridized carbons (Fsp3) is 0.467. The van der Waals surface area contributed by atoms with Crippen LogP contribution in [0, 0.1) is 5.92 Å². The number of aliphatic carboxylic acids is 1. The zero-order valence-corrected chi connectivity index (χ0v) is 11.5. The van der Waals surface area contributed by atoms with Crippen molar-refractivity contribution in [2.24, 2.45) is 5.92 Å². The summed E-state index contributed by atoms with van der Waals surface area (Å²) >= 11 is 0. The molecule has 5 nitrogen and oxygen atoms in total. The summed E-state index contributed by atoms with van der Waals surface area (Å²) in [6.45, 7) is 2.48. The lowest BCUT2D eigenvalue weighted by Gasteiger charge is -2.25. The van der Waals surface area contributed by atoms with Crippen LogP contribution in [0.4, 0.5) is 0 Å². The van der Waals surface area contributed by atoms with E-state index in [0.29, 0.717) is 19.4 Å². The quantitative estimate of drug-likeness (QED) is 0.860. The van der Waals surface area contributed by atoms with Crippen LogP contribution in [0.1, 0.15) is 31.2 Å². The molecule has 2 rings (SSSR count). The Balaban J connectivity index is 2.02. The van der Waals surface area contributed by atoms with Gasteiger partial charge in [-0.05, 0) is 18.9 Å². The molecule has 108 valence electrons. The third kappa shape index (κ3) is 3.10. The minimum atomic E-state index is -0.875. The van der Waals surface area contributed by atoms with Crippen molar-refractivity contribution < 1.29 is 19.4 Å². The normalized spacial score (nSPS) is 18.6. The van der Waals surface area contributed by atoms with E-state index in [4.69, 9.17) is 9.84 Å². The predicted octanol–water partition coefficient (Wildman–Crippen LogP) is 1.78. The van der Waals surface area contributed by atoms with Crippen molar-refractivity contribution in [2.75, 3.05) is 13.2 Å². The number of amides is 1. The molecule has 20 heavy (non-hydrogen) atoms. The van der Waals surface area contributed by atoms with Crippen molar-refractivity contribution in [3.05, 3.63) is 29.8 Å². The summed E-state index contributed by atoms with van der Waals surface area (Å²) in [5.74, 6) is -1.05. The molecule has 0 aliphatic carbocycles. The Morgan fingerprint density at radius 2 is 2.20 bits per heavy atom. The highest BCUT2D eigenvalue weighted by molar-refractivity contribution is 5.85. The molecule has 1 heterocycles. The summed E-state index contributed by atoms with van der Waals surface area (Å²) in [5, 5.41) is 11.7. The van der Waals surface area contributed by atoms with Gasteiger partial charge in [-0.3, -0.25) is 9.59 Å². The van der Waals surface area contributed by atoms with Gasteiger partial charge in [0.25, 0.3) is 0 Å². The van der Waals surface area contributed by atoms with Crippen molar-refractivity contribution >= 4 is 11.9 Å². The summed E-state index contributed by atoms with van der Waals surface area (Å²) in [5.41, 5.74) is 0.875. The van der Waals surface area contributed by atoms with Crippen LogP contribution in [0.5, 0.6) is 5.75 Å². The number of fused-ring (bicyclic) bond motifs is 1. The number of benzene rings is 1. The van der Waals surface area contributed by atoms with Crippen LogP contribution >= 0.6 is 0 Å². The number of para-hydroxylation sites is 1. The highest BCUT2D eigenvalue weighted by Crippen LogP contribution is 2.33. The number of carbonyl (C=O) groups is 2. The predicted molar refractivity (Wildman–Crippen MR) is 73.7 cm³/mol. The van der Waals surface area contributed by atoms with E-state index in [0.717, 1.165) is 11.3 Å². The van der Waals surface area contributed by atoms with E-state index in [2.05, 4.69) is 5.32 Å². The molecule has 2 N–H and O–H groups in total. The van der Waals surface area contributed by atoms with E-state index in [9.17, 15) is 9.59 Å². The van der Waals surface area contributed by atoms with Gasteiger partial charge in [0.05, 0.1) is 18.4 Å². The van der Waals surface area contributed by atoms with Crippen molar-refractivity contribution in [1.82, 2.24) is 5.32 Å². The fourth-order valence-electron chi connectivity index (χ4n) is 2.37. The van der Waals surface area contributed by atoms with Crippen LogP contribution in [0.25, 0.3) is 0 Å². The van der Waals surface area contributed by atoms with Crippen molar-refractivity contribution in [1.29, 1.82) is 0 Å². The Hall–Kier alpha value is -2.04. The van der Waals surface area contributed by atoms with E-state index in [1.807, 2.05) is 24.3 Å². The Morgan fingerprint density at radius 1 is 1.45 bits per heavy atom. The smallest absolute Gasteiger partial charge is 0.308 e. The summed E-state index contributed by atoms with van der Waals surface area (Å²) in [6.07, 6.45) is 1.12. The van der Waals surface area contributed by atoms with Crippen LogP contribution in [0.15, 0.2) is 24.3 Å².